The van der Waals surface area contributed by atoms with Gasteiger partial charge in [-0.1, -0.05) is 19.3 Å². The summed E-state index contributed by atoms with van der Waals surface area (Å²) in [4.78, 5) is 16.1. The van der Waals surface area contributed by atoms with E-state index in [0.29, 0.717) is 12.5 Å². The van der Waals surface area contributed by atoms with E-state index in [0.717, 1.165) is 18.8 Å². The largest absolute Gasteiger partial charge is 0.338 e. The predicted molar refractivity (Wildman–Crippen MR) is 84.2 cm³/mol. The Morgan fingerprint density at radius 2 is 2.19 bits per heavy atom. The number of nitrogens with one attached hydrogen (secondary N) is 2. The highest BCUT2D eigenvalue weighted by Crippen LogP contribution is 2.26. The molecule has 0 radical (unpaired) electrons. The van der Waals surface area contributed by atoms with Crippen molar-refractivity contribution in [3.05, 3.63) is 18.2 Å². The zero-order valence-electron chi connectivity index (χ0n) is 13.3. The van der Waals surface area contributed by atoms with Crippen molar-refractivity contribution >= 4 is 6.03 Å². The summed E-state index contributed by atoms with van der Waals surface area (Å²) in [5.41, 5.74) is 0. The first kappa shape index (κ1) is 15.9. The fraction of sp³-hybridized carbons (Fsp3) is 0.750. The first-order valence-electron chi connectivity index (χ1n) is 8.19. The van der Waals surface area contributed by atoms with Crippen LogP contribution in [0.25, 0.3) is 0 Å². The molecule has 118 valence electrons. The minimum Gasteiger partial charge on any atom is -0.338 e. The minimum atomic E-state index is -0.0320. The molecule has 1 aliphatic carbocycles. The molecular weight excluding hydrogens is 264 g/mol. The standard InChI is InChI=1S/C16H28N4O/c1-13(15-7-4-3-5-8-15)19-16(21)18-9-6-11-20-12-10-17-14(20)2/h10,12-13,15H,3-9,11H2,1-2H3,(H2,18,19,21)/t13-/m1/s1. The van der Waals surface area contributed by atoms with Crippen LogP contribution in [0.3, 0.4) is 0 Å². The number of aryl methyl sites for hydroxylation is 2. The molecule has 1 saturated carbocycles. The van der Waals surface area contributed by atoms with Gasteiger partial charge in [-0.25, -0.2) is 9.78 Å². The van der Waals surface area contributed by atoms with E-state index < -0.39 is 0 Å². The molecule has 2 N–H and O–H groups in total. The van der Waals surface area contributed by atoms with Gasteiger partial charge in [-0.2, -0.15) is 0 Å². The van der Waals surface area contributed by atoms with E-state index in [1.165, 1.54) is 32.1 Å². The third-order valence-electron chi connectivity index (χ3n) is 4.50. The molecule has 2 amide bonds. The van der Waals surface area contributed by atoms with Crippen LogP contribution in [0.5, 0.6) is 0 Å². The molecule has 1 atom stereocenters. The molecule has 2 rings (SSSR count). The van der Waals surface area contributed by atoms with Gasteiger partial charge in [-0.05, 0) is 39.0 Å². The Kier molecular flexibility index (Phi) is 6.08. The fourth-order valence-electron chi connectivity index (χ4n) is 3.10. The topological polar surface area (TPSA) is 59.0 Å². The van der Waals surface area contributed by atoms with Crippen LogP contribution >= 0.6 is 0 Å². The van der Waals surface area contributed by atoms with Crippen LogP contribution in [0.2, 0.25) is 0 Å². The van der Waals surface area contributed by atoms with Gasteiger partial charge in [0.05, 0.1) is 0 Å². The predicted octanol–water partition coefficient (Wildman–Crippen LogP) is 2.85. The monoisotopic (exact) mass is 292 g/mol. The molecule has 0 saturated heterocycles. The summed E-state index contributed by atoms with van der Waals surface area (Å²) in [6.45, 7) is 5.71. The Morgan fingerprint density at radius 3 is 2.86 bits per heavy atom. The van der Waals surface area contributed by atoms with Crippen molar-refractivity contribution < 1.29 is 4.79 Å². The van der Waals surface area contributed by atoms with Gasteiger partial charge in [0.25, 0.3) is 0 Å². The van der Waals surface area contributed by atoms with Gasteiger partial charge in [0.2, 0.25) is 0 Å². The number of rotatable bonds is 6. The van der Waals surface area contributed by atoms with Gasteiger partial charge in [0, 0.05) is 31.5 Å². The van der Waals surface area contributed by atoms with E-state index in [4.69, 9.17) is 0 Å². The molecular formula is C16H28N4O. The Morgan fingerprint density at radius 1 is 1.43 bits per heavy atom. The number of hydrogen-bond acceptors (Lipinski definition) is 2. The second-order valence-corrected chi connectivity index (χ2v) is 6.11. The van der Waals surface area contributed by atoms with E-state index in [9.17, 15) is 4.79 Å². The van der Waals surface area contributed by atoms with Gasteiger partial charge in [-0.3, -0.25) is 0 Å². The number of nitrogens with zero attached hydrogens (tertiary/aromatic N) is 2. The van der Waals surface area contributed by atoms with Crippen molar-refractivity contribution in [2.24, 2.45) is 5.92 Å². The third kappa shape index (κ3) is 5.06. The summed E-state index contributed by atoms with van der Waals surface area (Å²) in [7, 11) is 0. The van der Waals surface area contributed by atoms with Crippen molar-refractivity contribution in [2.75, 3.05) is 6.54 Å². The average molecular weight is 292 g/mol. The van der Waals surface area contributed by atoms with Crippen molar-refractivity contribution in [2.45, 2.75) is 65.0 Å². The lowest BCUT2D eigenvalue weighted by molar-refractivity contribution is 0.224. The molecule has 5 heteroatoms. The van der Waals surface area contributed by atoms with Crippen LogP contribution in [-0.4, -0.2) is 28.2 Å². The van der Waals surface area contributed by atoms with Crippen molar-refractivity contribution in [1.82, 2.24) is 20.2 Å². The number of carbonyl (C=O) groups excluding carboxylic acids is 1. The molecule has 0 spiro atoms. The molecule has 5 nitrogen and oxygen atoms in total. The number of aromatic nitrogens is 2. The molecule has 1 fully saturated rings. The first-order valence-corrected chi connectivity index (χ1v) is 8.19. The zero-order valence-corrected chi connectivity index (χ0v) is 13.3. The third-order valence-corrected chi connectivity index (χ3v) is 4.50. The quantitative estimate of drug-likeness (QED) is 0.792. The maximum absolute atomic E-state index is 11.9. The molecule has 0 unspecified atom stereocenters. The second-order valence-electron chi connectivity index (χ2n) is 6.11. The summed E-state index contributed by atoms with van der Waals surface area (Å²) in [5, 5.41) is 6.04. The summed E-state index contributed by atoms with van der Waals surface area (Å²) in [6, 6.07) is 0.247. The number of hydrogen-bond donors (Lipinski definition) is 2. The van der Waals surface area contributed by atoms with Gasteiger partial charge in [-0.15, -0.1) is 0 Å². The fourth-order valence-corrected chi connectivity index (χ4v) is 3.10. The zero-order chi connectivity index (χ0) is 15.1. The lowest BCUT2D eigenvalue weighted by Crippen LogP contribution is -2.44. The lowest BCUT2D eigenvalue weighted by atomic mass is 9.85. The van der Waals surface area contributed by atoms with E-state index >= 15 is 0 Å². The second kappa shape index (κ2) is 8.05. The SMILES string of the molecule is Cc1nccn1CCCNC(=O)N[C@H](C)C1CCCCC1. The van der Waals surface area contributed by atoms with Crippen LogP contribution in [0.1, 0.15) is 51.3 Å². The van der Waals surface area contributed by atoms with E-state index in [-0.39, 0.29) is 12.1 Å². The molecule has 0 bridgehead atoms. The Hall–Kier alpha value is -1.52. The molecule has 21 heavy (non-hydrogen) atoms. The molecule has 1 aromatic heterocycles. The molecule has 1 heterocycles. The van der Waals surface area contributed by atoms with Gasteiger partial charge < -0.3 is 15.2 Å². The smallest absolute Gasteiger partial charge is 0.315 e. The van der Waals surface area contributed by atoms with E-state index in [2.05, 4.69) is 27.1 Å². The Bertz CT molecular complexity index is 437. The molecule has 0 aliphatic heterocycles. The molecule has 0 aromatic carbocycles. The Labute approximate surface area is 127 Å². The van der Waals surface area contributed by atoms with Crippen LogP contribution in [0, 0.1) is 12.8 Å². The maximum atomic E-state index is 11.9. The summed E-state index contributed by atoms with van der Waals surface area (Å²) < 4.78 is 2.10. The molecule has 1 aliphatic rings. The average Bonchev–Trinajstić information content (AvgIpc) is 2.90. The van der Waals surface area contributed by atoms with E-state index in [1.54, 1.807) is 6.20 Å². The minimum absolute atomic E-state index is 0.0320. The van der Waals surface area contributed by atoms with Crippen LogP contribution < -0.4 is 10.6 Å². The van der Waals surface area contributed by atoms with Gasteiger partial charge in [0.15, 0.2) is 0 Å². The van der Waals surface area contributed by atoms with Gasteiger partial charge >= 0.3 is 6.03 Å². The van der Waals surface area contributed by atoms with Crippen LogP contribution in [0.4, 0.5) is 4.79 Å². The van der Waals surface area contributed by atoms with Crippen molar-refractivity contribution in [1.29, 1.82) is 0 Å². The number of amides is 2. The van der Waals surface area contributed by atoms with E-state index in [1.807, 2.05) is 13.1 Å². The van der Waals surface area contributed by atoms with Crippen molar-refractivity contribution in [3.63, 3.8) is 0 Å². The summed E-state index contributed by atoms with van der Waals surface area (Å²) in [6.07, 6.45) is 11.2. The van der Waals surface area contributed by atoms with Crippen molar-refractivity contribution in [3.8, 4) is 0 Å². The highest BCUT2D eigenvalue weighted by atomic mass is 16.2. The number of imidazole rings is 1. The number of urea groups is 1. The highest BCUT2D eigenvalue weighted by molar-refractivity contribution is 5.74. The maximum Gasteiger partial charge on any atom is 0.315 e. The van der Waals surface area contributed by atoms with Crippen LogP contribution in [-0.2, 0) is 6.54 Å². The lowest BCUT2D eigenvalue weighted by Gasteiger charge is -2.28. The molecule has 1 aromatic rings. The first-order chi connectivity index (χ1) is 10.2. The summed E-state index contributed by atoms with van der Waals surface area (Å²) in [5.74, 6) is 1.67. The highest BCUT2D eigenvalue weighted by Gasteiger charge is 2.21. The van der Waals surface area contributed by atoms with Gasteiger partial charge in [0.1, 0.15) is 5.82 Å². The normalized spacial score (nSPS) is 17.4. The summed E-state index contributed by atoms with van der Waals surface area (Å²) >= 11 is 0. The number of carbonyl (C=O) groups is 1. The van der Waals surface area contributed by atoms with Crippen LogP contribution in [0.15, 0.2) is 12.4 Å². The Balaban J connectivity index is 1.59.